The number of ether oxygens (including phenoxy) is 2. The molecule has 0 fully saturated rings. The molecule has 5 nitrogen and oxygen atoms in total. The van der Waals surface area contributed by atoms with E-state index in [2.05, 4.69) is 17.2 Å². The summed E-state index contributed by atoms with van der Waals surface area (Å²) in [5.41, 5.74) is 6.89. The summed E-state index contributed by atoms with van der Waals surface area (Å²) in [4.78, 5) is 4.32. The van der Waals surface area contributed by atoms with E-state index >= 15 is 0 Å². The number of rotatable bonds is 10. The number of aliphatic imine (C=N–C) groups is 1. The van der Waals surface area contributed by atoms with Crippen molar-refractivity contribution in [3.63, 3.8) is 0 Å². The molecule has 0 aliphatic carbocycles. The molecule has 21 heavy (non-hydrogen) atoms. The first kappa shape index (κ1) is 17.3. The number of hydrogen-bond acceptors (Lipinski definition) is 3. The van der Waals surface area contributed by atoms with Crippen molar-refractivity contribution in [3.05, 3.63) is 29.8 Å². The highest BCUT2D eigenvalue weighted by Gasteiger charge is 1.98. The summed E-state index contributed by atoms with van der Waals surface area (Å²) in [5, 5.41) is 3.10. The van der Waals surface area contributed by atoms with Gasteiger partial charge in [-0.3, -0.25) is 0 Å². The van der Waals surface area contributed by atoms with E-state index < -0.39 is 0 Å². The van der Waals surface area contributed by atoms with Gasteiger partial charge in [-0.2, -0.15) is 0 Å². The predicted octanol–water partition coefficient (Wildman–Crippen LogP) is 2.31. The zero-order chi connectivity index (χ0) is 15.3. The van der Waals surface area contributed by atoms with Gasteiger partial charge in [-0.1, -0.05) is 25.5 Å². The highest BCUT2D eigenvalue weighted by molar-refractivity contribution is 5.77. The molecule has 0 bridgehead atoms. The van der Waals surface area contributed by atoms with Crippen molar-refractivity contribution in [1.82, 2.24) is 5.32 Å². The first-order valence-corrected chi connectivity index (χ1v) is 7.50. The van der Waals surface area contributed by atoms with Gasteiger partial charge in [0, 0.05) is 26.7 Å². The van der Waals surface area contributed by atoms with Crippen LogP contribution < -0.4 is 15.8 Å². The van der Waals surface area contributed by atoms with Crippen molar-refractivity contribution in [2.45, 2.75) is 32.7 Å². The third-order valence-corrected chi connectivity index (χ3v) is 2.93. The van der Waals surface area contributed by atoms with Gasteiger partial charge in [-0.05, 0) is 24.1 Å². The number of guanidine groups is 1. The minimum atomic E-state index is 0.495. The van der Waals surface area contributed by atoms with Crippen LogP contribution in [-0.2, 0) is 11.3 Å². The Morgan fingerprint density at radius 3 is 2.90 bits per heavy atom. The molecule has 1 aromatic rings. The Bertz CT molecular complexity index is 422. The average molecular weight is 293 g/mol. The molecular weight excluding hydrogens is 266 g/mol. The van der Waals surface area contributed by atoms with Crippen molar-refractivity contribution < 1.29 is 9.47 Å². The molecule has 0 amide bonds. The Morgan fingerprint density at radius 2 is 2.14 bits per heavy atom. The topological polar surface area (TPSA) is 68.9 Å². The largest absolute Gasteiger partial charge is 0.493 e. The number of unbranched alkanes of at least 4 members (excludes halogenated alkanes) is 1. The smallest absolute Gasteiger partial charge is 0.188 e. The average Bonchev–Trinajstić information content (AvgIpc) is 2.50. The lowest BCUT2D eigenvalue weighted by atomic mass is 10.2. The molecule has 3 N–H and O–H groups in total. The van der Waals surface area contributed by atoms with Gasteiger partial charge in [-0.25, -0.2) is 4.99 Å². The highest BCUT2D eigenvalue weighted by atomic mass is 16.5. The van der Waals surface area contributed by atoms with Crippen molar-refractivity contribution in [2.24, 2.45) is 10.7 Å². The molecule has 0 aromatic heterocycles. The zero-order valence-corrected chi connectivity index (χ0v) is 13.1. The Balaban J connectivity index is 2.39. The quantitative estimate of drug-likeness (QED) is 0.394. The summed E-state index contributed by atoms with van der Waals surface area (Å²) in [6.07, 6.45) is 3.12. The second-order valence-electron chi connectivity index (χ2n) is 4.82. The molecule has 0 saturated heterocycles. The number of nitrogens with one attached hydrogen (secondary N) is 1. The monoisotopic (exact) mass is 293 g/mol. The predicted molar refractivity (Wildman–Crippen MR) is 86.7 cm³/mol. The molecule has 0 saturated carbocycles. The number of hydrogen-bond donors (Lipinski definition) is 2. The molecule has 0 unspecified atom stereocenters. The zero-order valence-electron chi connectivity index (χ0n) is 13.1. The molecule has 0 radical (unpaired) electrons. The summed E-state index contributed by atoms with van der Waals surface area (Å²) in [5.74, 6) is 1.35. The van der Waals surface area contributed by atoms with Crippen molar-refractivity contribution in [3.8, 4) is 5.75 Å². The maximum atomic E-state index is 5.81. The number of nitrogens with zero attached hydrogens (tertiary/aromatic N) is 1. The van der Waals surface area contributed by atoms with Crippen LogP contribution in [0.1, 0.15) is 31.7 Å². The molecule has 1 rings (SSSR count). The van der Waals surface area contributed by atoms with E-state index in [1.54, 1.807) is 7.11 Å². The first-order valence-electron chi connectivity index (χ1n) is 7.50. The summed E-state index contributed by atoms with van der Waals surface area (Å²) in [7, 11) is 1.69. The maximum Gasteiger partial charge on any atom is 0.188 e. The Kier molecular flexibility index (Phi) is 9.04. The molecule has 118 valence electrons. The third kappa shape index (κ3) is 8.19. The second kappa shape index (κ2) is 11.0. The van der Waals surface area contributed by atoms with Crippen molar-refractivity contribution in [2.75, 3.05) is 26.9 Å². The number of nitrogens with two attached hydrogens (primary N) is 1. The van der Waals surface area contributed by atoms with E-state index in [1.807, 2.05) is 24.3 Å². The van der Waals surface area contributed by atoms with Gasteiger partial charge >= 0.3 is 0 Å². The van der Waals surface area contributed by atoms with Crippen molar-refractivity contribution in [1.29, 1.82) is 0 Å². The van der Waals surface area contributed by atoms with Crippen LogP contribution in [-0.4, -0.2) is 32.8 Å². The first-order chi connectivity index (χ1) is 10.3. The Morgan fingerprint density at radius 1 is 1.29 bits per heavy atom. The molecule has 1 aromatic carbocycles. The molecule has 5 heteroatoms. The van der Waals surface area contributed by atoms with Crippen LogP contribution in [0.4, 0.5) is 0 Å². The van der Waals surface area contributed by atoms with Crippen molar-refractivity contribution >= 4 is 5.96 Å². The molecular formula is C16H27N3O2. The van der Waals surface area contributed by atoms with E-state index in [1.165, 1.54) is 0 Å². The third-order valence-electron chi connectivity index (χ3n) is 2.93. The summed E-state index contributed by atoms with van der Waals surface area (Å²) < 4.78 is 10.6. The molecule has 0 heterocycles. The summed E-state index contributed by atoms with van der Waals surface area (Å²) in [6.45, 7) is 4.94. The lowest BCUT2D eigenvalue weighted by Gasteiger charge is -2.08. The van der Waals surface area contributed by atoms with E-state index in [0.29, 0.717) is 25.7 Å². The van der Waals surface area contributed by atoms with Crippen LogP contribution in [0.15, 0.2) is 29.3 Å². The summed E-state index contributed by atoms with van der Waals surface area (Å²) in [6, 6.07) is 7.93. The van der Waals surface area contributed by atoms with E-state index in [4.69, 9.17) is 15.2 Å². The van der Waals surface area contributed by atoms with E-state index in [0.717, 1.165) is 37.1 Å². The molecule has 0 atom stereocenters. The van der Waals surface area contributed by atoms with Gasteiger partial charge in [0.1, 0.15) is 5.75 Å². The van der Waals surface area contributed by atoms with Gasteiger partial charge < -0.3 is 20.5 Å². The van der Waals surface area contributed by atoms with Gasteiger partial charge in [0.05, 0.1) is 13.2 Å². The molecule has 0 aliphatic heterocycles. The minimum absolute atomic E-state index is 0.495. The fourth-order valence-electron chi connectivity index (χ4n) is 1.75. The fourth-order valence-corrected chi connectivity index (χ4v) is 1.75. The van der Waals surface area contributed by atoms with Crippen LogP contribution in [0.5, 0.6) is 5.75 Å². The minimum Gasteiger partial charge on any atom is -0.493 e. The standard InChI is InChI=1S/C16H27N3O2/c1-3-4-9-18-16(17)19-13-14-7-5-8-15(12-14)21-11-6-10-20-2/h5,7-8,12H,3-4,6,9-11,13H2,1-2H3,(H3,17,18,19). The maximum absolute atomic E-state index is 5.81. The van der Waals surface area contributed by atoms with Gasteiger partial charge in [0.15, 0.2) is 5.96 Å². The highest BCUT2D eigenvalue weighted by Crippen LogP contribution is 2.14. The molecule has 0 spiro atoms. The number of methoxy groups -OCH3 is 1. The fraction of sp³-hybridized carbons (Fsp3) is 0.562. The van der Waals surface area contributed by atoms with E-state index in [9.17, 15) is 0 Å². The Hall–Kier alpha value is -1.75. The van der Waals surface area contributed by atoms with E-state index in [-0.39, 0.29) is 0 Å². The number of benzene rings is 1. The van der Waals surface area contributed by atoms with Crippen LogP contribution in [0.25, 0.3) is 0 Å². The van der Waals surface area contributed by atoms with Crippen LogP contribution >= 0.6 is 0 Å². The second-order valence-corrected chi connectivity index (χ2v) is 4.82. The lowest BCUT2D eigenvalue weighted by Crippen LogP contribution is -2.32. The van der Waals surface area contributed by atoms with Crippen LogP contribution in [0.2, 0.25) is 0 Å². The Labute approximate surface area is 127 Å². The van der Waals surface area contributed by atoms with Crippen LogP contribution in [0, 0.1) is 0 Å². The van der Waals surface area contributed by atoms with Gasteiger partial charge in [0.2, 0.25) is 0 Å². The van der Waals surface area contributed by atoms with Gasteiger partial charge in [0.25, 0.3) is 0 Å². The van der Waals surface area contributed by atoms with Crippen LogP contribution in [0.3, 0.4) is 0 Å². The summed E-state index contributed by atoms with van der Waals surface area (Å²) >= 11 is 0. The lowest BCUT2D eigenvalue weighted by molar-refractivity contribution is 0.172. The molecule has 0 aliphatic rings. The SMILES string of the molecule is CCCCNC(N)=NCc1cccc(OCCCOC)c1. The van der Waals surface area contributed by atoms with Gasteiger partial charge in [-0.15, -0.1) is 0 Å². The normalized spacial score (nSPS) is 11.4.